The molecule has 4 heteroatoms. The topological polar surface area (TPSA) is 0 Å². The van der Waals surface area contributed by atoms with E-state index in [0.717, 1.165) is 0 Å². The van der Waals surface area contributed by atoms with Gasteiger partial charge in [0.2, 0.25) is 0 Å². The third kappa shape index (κ3) is 10.8. The van der Waals surface area contributed by atoms with Crippen molar-refractivity contribution in [3.8, 4) is 0 Å². The fourth-order valence-electron chi connectivity index (χ4n) is 3.76. The minimum absolute atomic E-state index is 0. The first kappa shape index (κ1) is 33.1. The van der Waals surface area contributed by atoms with Crippen molar-refractivity contribution in [3.63, 3.8) is 0 Å². The third-order valence-corrected chi connectivity index (χ3v) is 5.25. The van der Waals surface area contributed by atoms with Gasteiger partial charge in [-0.05, 0) is 13.8 Å². The molecule has 0 spiro atoms. The molecule has 0 nitrogen and oxygen atoms in total. The summed E-state index contributed by atoms with van der Waals surface area (Å²) >= 11 is 1.74. The SMILES string of the molecule is CC1=[C-]C(C)C=C1c1ccc(C)cc1.CC1=[C-]C(C)C=C1c1ccc(C)cc1.C[Si](C)=[Zr+2].[Cl-].[Cl-]. The van der Waals surface area contributed by atoms with Gasteiger partial charge >= 0.3 is 41.9 Å². The van der Waals surface area contributed by atoms with Crippen LogP contribution in [0.25, 0.3) is 11.1 Å². The average Bonchev–Trinajstić information content (AvgIpc) is 3.23. The van der Waals surface area contributed by atoms with Crippen molar-refractivity contribution >= 4 is 16.6 Å². The van der Waals surface area contributed by atoms with E-state index in [2.05, 4.69) is 127 Å². The van der Waals surface area contributed by atoms with Gasteiger partial charge in [-0.2, -0.15) is 23.3 Å². The maximum absolute atomic E-state index is 3.40. The van der Waals surface area contributed by atoms with Crippen molar-refractivity contribution in [1.29, 1.82) is 0 Å². The molecule has 0 heterocycles. The fraction of sp³-hybridized carbons (Fsp3) is 0.333. The Morgan fingerprint density at radius 1 is 0.618 bits per heavy atom. The van der Waals surface area contributed by atoms with Gasteiger partial charge in [-0.1, -0.05) is 99.2 Å². The number of allylic oxidation sites excluding steroid dienone is 8. The Morgan fingerprint density at radius 2 is 0.882 bits per heavy atom. The third-order valence-electron chi connectivity index (χ3n) is 5.25. The van der Waals surface area contributed by atoms with Gasteiger partial charge in [0, 0.05) is 0 Å². The van der Waals surface area contributed by atoms with E-state index >= 15 is 0 Å². The molecule has 2 atom stereocenters. The van der Waals surface area contributed by atoms with E-state index in [4.69, 9.17) is 0 Å². The van der Waals surface area contributed by atoms with Crippen LogP contribution < -0.4 is 24.8 Å². The Balaban J connectivity index is 0.000000528. The zero-order chi connectivity index (χ0) is 23.8. The standard InChI is InChI=1S/2C14H15.C2H6Si.2ClH.Zr/c2*1-10-4-6-13(7-5-10)14-9-11(2)8-12(14)3;1-3-2;;;/h2*4-7,9,11H,1-3H3;1-2H3;2*1H;/q2*-1;;;;+2/p-2. The summed E-state index contributed by atoms with van der Waals surface area (Å²) in [5.41, 5.74) is 10.7. The van der Waals surface area contributed by atoms with Crippen molar-refractivity contribution in [1.82, 2.24) is 0 Å². The molecule has 0 saturated carbocycles. The van der Waals surface area contributed by atoms with Gasteiger partial charge in [0.15, 0.2) is 0 Å². The molecular weight excluding hydrogens is 551 g/mol. The van der Waals surface area contributed by atoms with Crippen LogP contribution in [0.1, 0.15) is 49.9 Å². The zero-order valence-electron chi connectivity index (χ0n) is 21.7. The Morgan fingerprint density at radius 3 is 1.09 bits per heavy atom. The number of hydrogen-bond acceptors (Lipinski definition) is 0. The quantitative estimate of drug-likeness (QED) is 0.375. The van der Waals surface area contributed by atoms with Crippen molar-refractivity contribution < 1.29 is 48.1 Å². The molecule has 0 bridgehead atoms. The predicted octanol–water partition coefficient (Wildman–Crippen LogP) is 2.35. The number of rotatable bonds is 2. The summed E-state index contributed by atoms with van der Waals surface area (Å²) in [6, 6.07) is 17.4. The van der Waals surface area contributed by atoms with Crippen LogP contribution in [0.3, 0.4) is 0 Å². The molecule has 0 N–H and O–H groups in total. The van der Waals surface area contributed by atoms with Gasteiger partial charge < -0.3 is 24.8 Å². The Hall–Kier alpha value is -0.920. The molecule has 2 aliphatic rings. The minimum atomic E-state index is 0. The van der Waals surface area contributed by atoms with E-state index in [1.165, 1.54) is 44.5 Å². The number of aryl methyl sites for hydroxylation is 2. The van der Waals surface area contributed by atoms with Gasteiger partial charge in [-0.15, -0.1) is 11.1 Å². The molecule has 0 saturated heterocycles. The second-order valence-corrected chi connectivity index (χ2v) is 18.4. The number of benzene rings is 2. The molecule has 2 aliphatic carbocycles. The van der Waals surface area contributed by atoms with Crippen molar-refractivity contribution in [3.05, 3.63) is 106 Å². The first-order valence-electron chi connectivity index (χ1n) is 11.4. The van der Waals surface area contributed by atoms with Crippen LogP contribution in [-0.4, -0.2) is 5.43 Å². The molecule has 2 aromatic carbocycles. The van der Waals surface area contributed by atoms with E-state index in [1.807, 2.05) is 0 Å². The summed E-state index contributed by atoms with van der Waals surface area (Å²) in [6.45, 7) is 17.5. The Bertz CT molecular complexity index is 972. The summed E-state index contributed by atoms with van der Waals surface area (Å²) in [7, 11) is 0. The molecule has 2 unspecified atom stereocenters. The molecule has 0 radical (unpaired) electrons. The van der Waals surface area contributed by atoms with Crippen LogP contribution in [0.2, 0.25) is 13.1 Å². The van der Waals surface area contributed by atoms with Crippen molar-refractivity contribution in [2.45, 2.75) is 54.6 Å². The van der Waals surface area contributed by atoms with Crippen LogP contribution in [0.4, 0.5) is 0 Å². The van der Waals surface area contributed by atoms with Crippen LogP contribution in [0.15, 0.2) is 71.8 Å². The zero-order valence-corrected chi connectivity index (χ0v) is 26.7. The van der Waals surface area contributed by atoms with Gasteiger partial charge in [0.25, 0.3) is 0 Å². The number of hydrogen-bond donors (Lipinski definition) is 0. The molecule has 0 fully saturated rings. The van der Waals surface area contributed by atoms with Crippen LogP contribution in [0.5, 0.6) is 0 Å². The monoisotopic (exact) mass is 584 g/mol. The Labute approximate surface area is 235 Å². The maximum Gasteiger partial charge on any atom is -1.00 e. The van der Waals surface area contributed by atoms with E-state index in [-0.39, 0.29) is 30.2 Å². The first-order valence-corrected chi connectivity index (χ1v) is 17.6. The number of halogens is 2. The molecule has 2 aromatic rings. The van der Waals surface area contributed by atoms with Gasteiger partial charge in [-0.25, -0.2) is 11.1 Å². The maximum atomic E-state index is 3.40. The fourth-order valence-corrected chi connectivity index (χ4v) is 3.76. The van der Waals surface area contributed by atoms with E-state index in [0.29, 0.717) is 11.8 Å². The summed E-state index contributed by atoms with van der Waals surface area (Å²) in [4.78, 5) is 0. The molecule has 0 aliphatic heterocycles. The predicted molar refractivity (Wildman–Crippen MR) is 139 cm³/mol. The smallest absolute Gasteiger partial charge is 1.00 e. The van der Waals surface area contributed by atoms with Crippen LogP contribution in [0, 0.1) is 37.8 Å². The first-order chi connectivity index (χ1) is 15.1. The minimum Gasteiger partial charge on any atom is -1.00 e. The summed E-state index contributed by atoms with van der Waals surface area (Å²) in [5.74, 6) is 0.928. The molecule has 0 aromatic heterocycles. The van der Waals surface area contributed by atoms with Crippen molar-refractivity contribution in [2.24, 2.45) is 11.8 Å². The van der Waals surface area contributed by atoms with Crippen LogP contribution in [-0.2, 0) is 23.3 Å². The second kappa shape index (κ2) is 15.9. The van der Waals surface area contributed by atoms with E-state index < -0.39 is 0 Å². The van der Waals surface area contributed by atoms with Crippen LogP contribution >= 0.6 is 0 Å². The molecular formula is C30H36Cl2SiZr-2. The summed E-state index contributed by atoms with van der Waals surface area (Å²) < 4.78 is 0. The van der Waals surface area contributed by atoms with Crippen molar-refractivity contribution in [2.75, 3.05) is 0 Å². The van der Waals surface area contributed by atoms with E-state index in [1.54, 1.807) is 23.3 Å². The van der Waals surface area contributed by atoms with Gasteiger partial charge in [-0.3, -0.25) is 12.2 Å². The normalized spacial score (nSPS) is 17.8. The largest absolute Gasteiger partial charge is 1.00 e. The Kier molecular flexibility index (Phi) is 15.5. The summed E-state index contributed by atoms with van der Waals surface area (Å²) in [5, 5.41) is 0. The second-order valence-electron chi connectivity index (χ2n) is 9.01. The molecule has 0 amide bonds. The molecule has 4 rings (SSSR count). The van der Waals surface area contributed by atoms with Gasteiger partial charge in [0.05, 0.1) is 0 Å². The molecule has 180 valence electrons. The average molecular weight is 587 g/mol. The van der Waals surface area contributed by atoms with Gasteiger partial charge in [0.1, 0.15) is 0 Å². The molecule has 34 heavy (non-hydrogen) atoms. The summed E-state index contributed by atoms with van der Waals surface area (Å²) in [6.07, 6.45) is 11.4. The van der Waals surface area contributed by atoms with E-state index in [9.17, 15) is 0 Å².